The van der Waals surface area contributed by atoms with E-state index >= 15 is 0 Å². The number of anilines is 1. The zero-order valence-electron chi connectivity index (χ0n) is 10.1. The topological polar surface area (TPSA) is 49.5 Å². The lowest BCUT2D eigenvalue weighted by Crippen LogP contribution is -2.47. The average molecular weight is 220 g/mol. The Morgan fingerprint density at radius 2 is 2.06 bits per heavy atom. The minimum Gasteiger partial charge on any atom is -0.508 e. The van der Waals surface area contributed by atoms with Gasteiger partial charge in [-0.25, -0.2) is 0 Å². The smallest absolute Gasteiger partial charge is 0.116 e. The Kier molecular flexibility index (Phi) is 2.80. The molecule has 1 aromatic rings. The SMILES string of the molecule is CC(N)C1Cc2cc(O)ccc2N1C(C)C. The zero-order valence-corrected chi connectivity index (χ0v) is 10.1. The van der Waals surface area contributed by atoms with Gasteiger partial charge in [-0.1, -0.05) is 0 Å². The van der Waals surface area contributed by atoms with E-state index in [1.54, 1.807) is 6.07 Å². The zero-order chi connectivity index (χ0) is 11.9. The third-order valence-corrected chi connectivity index (χ3v) is 3.29. The molecule has 2 rings (SSSR count). The van der Waals surface area contributed by atoms with Crippen LogP contribution in [-0.4, -0.2) is 23.2 Å². The van der Waals surface area contributed by atoms with Crippen molar-refractivity contribution in [3.05, 3.63) is 23.8 Å². The van der Waals surface area contributed by atoms with Crippen molar-refractivity contribution in [1.82, 2.24) is 0 Å². The maximum atomic E-state index is 9.50. The molecule has 1 aliphatic heterocycles. The molecular weight excluding hydrogens is 200 g/mol. The van der Waals surface area contributed by atoms with Gasteiger partial charge in [0.25, 0.3) is 0 Å². The van der Waals surface area contributed by atoms with Crippen LogP contribution >= 0.6 is 0 Å². The predicted molar refractivity (Wildman–Crippen MR) is 66.9 cm³/mol. The molecule has 0 aromatic heterocycles. The van der Waals surface area contributed by atoms with E-state index < -0.39 is 0 Å². The van der Waals surface area contributed by atoms with Crippen molar-refractivity contribution in [2.24, 2.45) is 5.73 Å². The van der Waals surface area contributed by atoms with E-state index in [0.717, 1.165) is 6.42 Å². The van der Waals surface area contributed by atoms with Gasteiger partial charge in [0.1, 0.15) is 5.75 Å². The fraction of sp³-hybridized carbons (Fsp3) is 0.538. The predicted octanol–water partition coefficient (Wildman–Crippen LogP) is 1.88. The highest BCUT2D eigenvalue weighted by Gasteiger charge is 2.33. The Balaban J connectivity index is 2.41. The molecule has 0 radical (unpaired) electrons. The van der Waals surface area contributed by atoms with Crippen molar-refractivity contribution in [1.29, 1.82) is 0 Å². The third kappa shape index (κ3) is 1.76. The summed E-state index contributed by atoms with van der Waals surface area (Å²) < 4.78 is 0. The second-order valence-corrected chi connectivity index (χ2v) is 4.94. The van der Waals surface area contributed by atoms with E-state index in [1.807, 2.05) is 19.1 Å². The summed E-state index contributed by atoms with van der Waals surface area (Å²) >= 11 is 0. The second kappa shape index (κ2) is 3.98. The molecular formula is C13H20N2O. The molecule has 2 unspecified atom stereocenters. The van der Waals surface area contributed by atoms with Crippen molar-refractivity contribution in [3.8, 4) is 5.75 Å². The van der Waals surface area contributed by atoms with E-state index in [2.05, 4.69) is 18.7 Å². The molecule has 3 heteroatoms. The van der Waals surface area contributed by atoms with Gasteiger partial charge < -0.3 is 15.7 Å². The first-order chi connectivity index (χ1) is 7.50. The largest absolute Gasteiger partial charge is 0.508 e. The number of fused-ring (bicyclic) bond motifs is 1. The van der Waals surface area contributed by atoms with Gasteiger partial charge in [0.15, 0.2) is 0 Å². The third-order valence-electron chi connectivity index (χ3n) is 3.29. The molecule has 0 saturated carbocycles. The van der Waals surface area contributed by atoms with Gasteiger partial charge in [-0.2, -0.15) is 0 Å². The van der Waals surface area contributed by atoms with Gasteiger partial charge in [-0.3, -0.25) is 0 Å². The first-order valence-electron chi connectivity index (χ1n) is 5.86. The number of nitrogens with zero attached hydrogens (tertiary/aromatic N) is 1. The molecule has 1 aromatic carbocycles. The second-order valence-electron chi connectivity index (χ2n) is 4.94. The van der Waals surface area contributed by atoms with Gasteiger partial charge >= 0.3 is 0 Å². The minimum atomic E-state index is 0.136. The number of hydrogen-bond donors (Lipinski definition) is 2. The van der Waals surface area contributed by atoms with Crippen LogP contribution in [0.4, 0.5) is 5.69 Å². The fourth-order valence-corrected chi connectivity index (χ4v) is 2.59. The van der Waals surface area contributed by atoms with E-state index in [9.17, 15) is 5.11 Å². The molecule has 0 bridgehead atoms. The molecule has 88 valence electrons. The van der Waals surface area contributed by atoms with Gasteiger partial charge in [0.05, 0.1) is 0 Å². The minimum absolute atomic E-state index is 0.136. The van der Waals surface area contributed by atoms with Crippen molar-refractivity contribution in [2.75, 3.05) is 4.90 Å². The number of phenolic OH excluding ortho intramolecular Hbond substituents is 1. The van der Waals surface area contributed by atoms with Crippen LogP contribution in [0, 0.1) is 0 Å². The summed E-state index contributed by atoms with van der Waals surface area (Å²) in [7, 11) is 0. The molecule has 2 atom stereocenters. The molecule has 16 heavy (non-hydrogen) atoms. The Morgan fingerprint density at radius 1 is 1.38 bits per heavy atom. The van der Waals surface area contributed by atoms with Crippen LogP contribution in [0.25, 0.3) is 0 Å². The number of nitrogens with two attached hydrogens (primary N) is 1. The first kappa shape index (κ1) is 11.3. The maximum Gasteiger partial charge on any atom is 0.116 e. The Hall–Kier alpha value is -1.22. The quantitative estimate of drug-likeness (QED) is 0.800. The summed E-state index contributed by atoms with van der Waals surface area (Å²) in [4.78, 5) is 2.36. The number of rotatable bonds is 2. The summed E-state index contributed by atoms with van der Waals surface area (Å²) in [6.07, 6.45) is 0.930. The highest BCUT2D eigenvalue weighted by atomic mass is 16.3. The lowest BCUT2D eigenvalue weighted by atomic mass is 10.0. The summed E-state index contributed by atoms with van der Waals surface area (Å²) in [5.41, 5.74) is 8.46. The standard InChI is InChI=1S/C13H20N2O/c1-8(2)15-12-5-4-11(16)6-10(12)7-13(15)9(3)14/h4-6,8-9,13,16H,7,14H2,1-3H3. The molecule has 0 saturated heterocycles. The van der Waals surface area contributed by atoms with Gasteiger partial charge in [0, 0.05) is 23.8 Å². The highest BCUT2D eigenvalue weighted by molar-refractivity contribution is 5.62. The van der Waals surface area contributed by atoms with Gasteiger partial charge in [-0.15, -0.1) is 0 Å². The molecule has 0 spiro atoms. The van der Waals surface area contributed by atoms with Crippen LogP contribution < -0.4 is 10.6 Å². The molecule has 0 aliphatic carbocycles. The number of aromatic hydroxyl groups is 1. The molecule has 3 nitrogen and oxygen atoms in total. The van der Waals surface area contributed by atoms with Crippen LogP contribution in [0.3, 0.4) is 0 Å². The normalized spacial score (nSPS) is 21.3. The van der Waals surface area contributed by atoms with E-state index in [0.29, 0.717) is 17.8 Å². The Morgan fingerprint density at radius 3 is 2.62 bits per heavy atom. The number of hydrogen-bond acceptors (Lipinski definition) is 3. The lowest BCUT2D eigenvalue weighted by Gasteiger charge is -2.33. The van der Waals surface area contributed by atoms with Crippen molar-refractivity contribution >= 4 is 5.69 Å². The lowest BCUT2D eigenvalue weighted by molar-refractivity contribution is 0.474. The summed E-state index contributed by atoms with van der Waals surface area (Å²) in [6, 6.07) is 6.51. The van der Waals surface area contributed by atoms with Gasteiger partial charge in [-0.05, 0) is 51.0 Å². The summed E-state index contributed by atoms with van der Waals surface area (Å²) in [5, 5.41) is 9.50. The molecule has 1 aliphatic rings. The average Bonchev–Trinajstić information content (AvgIpc) is 2.55. The van der Waals surface area contributed by atoms with Crippen molar-refractivity contribution in [2.45, 2.75) is 45.3 Å². The van der Waals surface area contributed by atoms with Crippen LogP contribution in [-0.2, 0) is 6.42 Å². The monoisotopic (exact) mass is 220 g/mol. The Labute approximate surface area is 96.9 Å². The summed E-state index contributed by atoms with van der Waals surface area (Å²) in [5.74, 6) is 0.341. The van der Waals surface area contributed by atoms with Crippen molar-refractivity contribution in [3.63, 3.8) is 0 Å². The van der Waals surface area contributed by atoms with E-state index in [4.69, 9.17) is 5.73 Å². The fourth-order valence-electron chi connectivity index (χ4n) is 2.59. The van der Waals surface area contributed by atoms with Crippen LogP contribution in [0.2, 0.25) is 0 Å². The van der Waals surface area contributed by atoms with Crippen LogP contribution in [0.15, 0.2) is 18.2 Å². The van der Waals surface area contributed by atoms with E-state index in [-0.39, 0.29) is 6.04 Å². The molecule has 1 heterocycles. The maximum absolute atomic E-state index is 9.50. The van der Waals surface area contributed by atoms with Gasteiger partial charge in [0.2, 0.25) is 0 Å². The summed E-state index contributed by atoms with van der Waals surface area (Å²) in [6.45, 7) is 6.40. The first-order valence-corrected chi connectivity index (χ1v) is 5.86. The molecule has 0 amide bonds. The van der Waals surface area contributed by atoms with Crippen LogP contribution in [0.5, 0.6) is 5.75 Å². The number of phenols is 1. The Bertz CT molecular complexity index is 388. The molecule has 3 N–H and O–H groups in total. The van der Waals surface area contributed by atoms with Crippen molar-refractivity contribution < 1.29 is 5.11 Å². The molecule has 0 fully saturated rings. The highest BCUT2D eigenvalue weighted by Crippen LogP contribution is 2.36. The van der Waals surface area contributed by atoms with Crippen LogP contribution in [0.1, 0.15) is 26.3 Å². The number of benzene rings is 1. The van der Waals surface area contributed by atoms with E-state index in [1.165, 1.54) is 11.3 Å².